The Hall–Kier alpha value is -2.49. The molecule has 0 aliphatic carbocycles. The van der Waals surface area contributed by atoms with Crippen LogP contribution in [0, 0.1) is 0 Å². The standard InChI is InChI=1S/C31H46NO3/c1-3-5-6-7-8-9-10-11-12-13-14-15-16-18-26-19-17-20-29(25-26)35-30(4-2)31(34)32-27-21-23-28(33)24-22-27/h17,19-25,30H,3-16,18H2,1-2H3,(H,32,34). The molecule has 0 aromatic heterocycles. The molecule has 1 unspecified atom stereocenters. The van der Waals surface area contributed by atoms with Gasteiger partial charge in [0.15, 0.2) is 11.9 Å². The van der Waals surface area contributed by atoms with Crippen molar-refractivity contribution < 1.29 is 14.6 Å². The number of nitrogens with one attached hydrogen (secondary N) is 1. The van der Waals surface area contributed by atoms with Gasteiger partial charge in [0, 0.05) is 5.69 Å². The fourth-order valence-electron chi connectivity index (χ4n) is 4.37. The van der Waals surface area contributed by atoms with Crippen LogP contribution in [0.25, 0.3) is 0 Å². The van der Waals surface area contributed by atoms with E-state index in [9.17, 15) is 9.90 Å². The van der Waals surface area contributed by atoms with Crippen LogP contribution in [0.4, 0.5) is 5.69 Å². The fraction of sp³-hybridized carbons (Fsp3) is 0.581. The highest BCUT2D eigenvalue weighted by molar-refractivity contribution is 5.94. The Kier molecular flexibility index (Phi) is 14.7. The van der Waals surface area contributed by atoms with Crippen LogP contribution in [0.3, 0.4) is 0 Å². The van der Waals surface area contributed by atoms with Crippen molar-refractivity contribution in [3.8, 4) is 11.5 Å². The number of hydrogen-bond donors (Lipinski definition) is 1. The number of anilines is 1. The summed E-state index contributed by atoms with van der Waals surface area (Å²) in [5.74, 6) is 0.453. The zero-order valence-electron chi connectivity index (χ0n) is 22.0. The highest BCUT2D eigenvalue weighted by Crippen LogP contribution is 2.20. The first-order valence-electron chi connectivity index (χ1n) is 14.0. The molecule has 0 aliphatic rings. The van der Waals surface area contributed by atoms with E-state index in [1.807, 2.05) is 19.1 Å². The molecule has 2 aromatic carbocycles. The van der Waals surface area contributed by atoms with Crippen LogP contribution in [0.2, 0.25) is 0 Å². The van der Waals surface area contributed by atoms with Gasteiger partial charge in [-0.3, -0.25) is 9.90 Å². The van der Waals surface area contributed by atoms with Gasteiger partial charge in [0.2, 0.25) is 0 Å². The van der Waals surface area contributed by atoms with Crippen LogP contribution < -0.4 is 10.1 Å². The summed E-state index contributed by atoms with van der Waals surface area (Å²) >= 11 is 0. The molecule has 1 amide bonds. The monoisotopic (exact) mass is 480 g/mol. The lowest BCUT2D eigenvalue weighted by atomic mass is 10.0. The minimum Gasteiger partial charge on any atom is -0.481 e. The first-order valence-corrected chi connectivity index (χ1v) is 14.0. The number of carbonyl (C=O) groups excluding carboxylic acids is 1. The van der Waals surface area contributed by atoms with Gasteiger partial charge in [-0.25, -0.2) is 0 Å². The van der Waals surface area contributed by atoms with Crippen LogP contribution in [0.5, 0.6) is 11.5 Å². The number of amides is 1. The molecule has 2 aromatic rings. The summed E-state index contributed by atoms with van der Waals surface area (Å²) in [6.45, 7) is 4.21. The normalized spacial score (nSPS) is 11.8. The van der Waals surface area contributed by atoms with E-state index < -0.39 is 6.10 Å². The third-order valence-electron chi connectivity index (χ3n) is 6.53. The van der Waals surface area contributed by atoms with E-state index in [1.165, 1.54) is 101 Å². The van der Waals surface area contributed by atoms with E-state index in [1.54, 1.807) is 12.1 Å². The lowest BCUT2D eigenvalue weighted by molar-refractivity contribution is -0.122. The summed E-state index contributed by atoms with van der Waals surface area (Å²) in [5.41, 5.74) is 1.86. The van der Waals surface area contributed by atoms with Crippen molar-refractivity contribution in [2.75, 3.05) is 5.32 Å². The molecule has 0 saturated carbocycles. The van der Waals surface area contributed by atoms with Crippen molar-refractivity contribution in [1.29, 1.82) is 0 Å². The van der Waals surface area contributed by atoms with Crippen molar-refractivity contribution in [2.45, 2.75) is 116 Å². The Morgan fingerprint density at radius 2 is 1.34 bits per heavy atom. The summed E-state index contributed by atoms with van der Waals surface area (Å²) in [4.78, 5) is 12.6. The molecule has 0 saturated heterocycles. The van der Waals surface area contributed by atoms with E-state index >= 15 is 0 Å². The zero-order chi connectivity index (χ0) is 25.1. The molecular formula is C31H46NO3. The van der Waals surface area contributed by atoms with Gasteiger partial charge in [0.1, 0.15) is 5.75 Å². The highest BCUT2D eigenvalue weighted by Gasteiger charge is 2.18. The Labute approximate surface area is 213 Å². The summed E-state index contributed by atoms with van der Waals surface area (Å²) in [5, 5.41) is 14.1. The van der Waals surface area contributed by atoms with Gasteiger partial charge >= 0.3 is 0 Å². The number of unbranched alkanes of at least 4 members (excludes halogenated alkanes) is 12. The predicted molar refractivity (Wildman–Crippen MR) is 146 cm³/mol. The second-order valence-corrected chi connectivity index (χ2v) is 9.67. The zero-order valence-corrected chi connectivity index (χ0v) is 22.0. The summed E-state index contributed by atoms with van der Waals surface area (Å²) in [6, 6.07) is 14.2. The van der Waals surface area contributed by atoms with Crippen molar-refractivity contribution in [3.63, 3.8) is 0 Å². The molecule has 35 heavy (non-hydrogen) atoms. The quantitative estimate of drug-likeness (QED) is 0.204. The molecule has 193 valence electrons. The fourth-order valence-corrected chi connectivity index (χ4v) is 4.37. The maximum absolute atomic E-state index is 12.6. The topological polar surface area (TPSA) is 58.2 Å². The molecule has 4 heteroatoms. The van der Waals surface area contributed by atoms with Crippen LogP contribution in [0.15, 0.2) is 48.5 Å². The summed E-state index contributed by atoms with van der Waals surface area (Å²) in [7, 11) is 0. The average molecular weight is 481 g/mol. The van der Waals surface area contributed by atoms with E-state index in [-0.39, 0.29) is 11.7 Å². The molecule has 2 rings (SSSR count). The van der Waals surface area contributed by atoms with E-state index in [4.69, 9.17) is 4.74 Å². The molecule has 1 radical (unpaired) electrons. The van der Waals surface area contributed by atoms with Crippen LogP contribution in [-0.2, 0) is 16.3 Å². The second kappa shape index (κ2) is 17.9. The second-order valence-electron chi connectivity index (χ2n) is 9.67. The van der Waals surface area contributed by atoms with Crippen molar-refractivity contribution >= 4 is 11.6 Å². The molecule has 0 fully saturated rings. The smallest absolute Gasteiger partial charge is 0.265 e. The number of ether oxygens (including phenoxy) is 1. The van der Waals surface area contributed by atoms with Gasteiger partial charge in [0.25, 0.3) is 5.91 Å². The Balaban J connectivity index is 1.60. The molecule has 1 atom stereocenters. The molecule has 0 aliphatic heterocycles. The van der Waals surface area contributed by atoms with Crippen molar-refractivity contribution in [2.24, 2.45) is 0 Å². The minimum absolute atomic E-state index is 0.0772. The number of hydrogen-bond acceptors (Lipinski definition) is 2. The van der Waals surface area contributed by atoms with Crippen LogP contribution in [-0.4, -0.2) is 12.0 Å². The average Bonchev–Trinajstić information content (AvgIpc) is 2.87. The van der Waals surface area contributed by atoms with Gasteiger partial charge in [-0.2, -0.15) is 0 Å². The van der Waals surface area contributed by atoms with Gasteiger partial charge in [-0.05, 0) is 61.2 Å². The molecule has 4 nitrogen and oxygen atoms in total. The third-order valence-corrected chi connectivity index (χ3v) is 6.53. The Morgan fingerprint density at radius 1 is 0.771 bits per heavy atom. The minimum atomic E-state index is -0.575. The van der Waals surface area contributed by atoms with Gasteiger partial charge < -0.3 is 10.1 Å². The number of carbonyl (C=O) groups is 1. The third kappa shape index (κ3) is 12.7. The first-order chi connectivity index (χ1) is 17.1. The molecule has 0 heterocycles. The predicted octanol–water partition coefficient (Wildman–Crippen LogP) is 9.26. The van der Waals surface area contributed by atoms with Crippen LogP contribution >= 0.6 is 0 Å². The molecule has 0 spiro atoms. The molecular weight excluding hydrogens is 434 g/mol. The summed E-state index contributed by atoms with van der Waals surface area (Å²) < 4.78 is 6.01. The van der Waals surface area contributed by atoms with E-state index in [2.05, 4.69) is 24.4 Å². The van der Waals surface area contributed by atoms with E-state index in [0.29, 0.717) is 12.1 Å². The van der Waals surface area contributed by atoms with Gasteiger partial charge in [-0.15, -0.1) is 0 Å². The SMILES string of the molecule is CCCCCCCCCCCCCCCc1cccc(OC(CC)C(=O)Nc2ccc([O])cc2)c1. The number of aryl methyl sites for hydroxylation is 1. The van der Waals surface area contributed by atoms with Crippen molar-refractivity contribution in [1.82, 2.24) is 0 Å². The number of rotatable bonds is 19. The van der Waals surface area contributed by atoms with Gasteiger partial charge in [-0.1, -0.05) is 103 Å². The lowest BCUT2D eigenvalue weighted by Gasteiger charge is -2.18. The largest absolute Gasteiger partial charge is 0.481 e. The highest BCUT2D eigenvalue weighted by atomic mass is 16.5. The lowest BCUT2D eigenvalue weighted by Crippen LogP contribution is -2.32. The van der Waals surface area contributed by atoms with Crippen LogP contribution in [0.1, 0.15) is 109 Å². The first kappa shape index (κ1) is 28.7. The maximum Gasteiger partial charge on any atom is 0.265 e. The van der Waals surface area contributed by atoms with Gasteiger partial charge in [0.05, 0.1) is 0 Å². The number of benzene rings is 2. The van der Waals surface area contributed by atoms with E-state index in [0.717, 1.165) is 12.2 Å². The molecule has 1 N–H and O–H groups in total. The maximum atomic E-state index is 12.6. The Bertz CT molecular complexity index is 818. The Morgan fingerprint density at radius 3 is 1.91 bits per heavy atom. The molecule has 0 bridgehead atoms. The summed E-state index contributed by atoms with van der Waals surface area (Å²) in [6.07, 6.45) is 18.7. The van der Waals surface area contributed by atoms with Crippen molar-refractivity contribution in [3.05, 3.63) is 54.1 Å².